The summed E-state index contributed by atoms with van der Waals surface area (Å²) in [6, 6.07) is 4.18. The van der Waals surface area contributed by atoms with Gasteiger partial charge >= 0.3 is 12.0 Å². The number of carboxylic acid groups (broad SMARTS) is 1. The highest BCUT2D eigenvalue weighted by Crippen LogP contribution is 2.24. The van der Waals surface area contributed by atoms with Crippen LogP contribution in [0.15, 0.2) is 22.7 Å². The summed E-state index contributed by atoms with van der Waals surface area (Å²) in [5.41, 5.74) is 0.326. The lowest BCUT2D eigenvalue weighted by Crippen LogP contribution is -2.48. The fourth-order valence-corrected chi connectivity index (χ4v) is 2.51. The van der Waals surface area contributed by atoms with Gasteiger partial charge in [0.2, 0.25) is 0 Å². The molecule has 3 N–H and O–H groups in total. The van der Waals surface area contributed by atoms with Gasteiger partial charge in [0.15, 0.2) is 0 Å². The van der Waals surface area contributed by atoms with Crippen LogP contribution >= 0.6 is 15.9 Å². The number of nitrogens with one attached hydrogen (secondary N) is 2. The number of halogens is 1. The second kappa shape index (κ2) is 7.45. The van der Waals surface area contributed by atoms with Crippen LogP contribution in [0, 0.1) is 0 Å². The average Bonchev–Trinajstić information content (AvgIpc) is 2.47. The van der Waals surface area contributed by atoms with Crippen LogP contribution in [0.1, 0.15) is 50.4 Å². The number of rotatable bonds is 6. The molecule has 21 heavy (non-hydrogen) atoms. The van der Waals surface area contributed by atoms with Crippen molar-refractivity contribution in [1.82, 2.24) is 5.32 Å². The first-order valence-electron chi connectivity index (χ1n) is 6.99. The van der Waals surface area contributed by atoms with Crippen LogP contribution in [0.25, 0.3) is 0 Å². The molecule has 0 aliphatic heterocycles. The predicted molar refractivity (Wildman–Crippen MR) is 86.9 cm³/mol. The maximum atomic E-state index is 12.1. The Balaban J connectivity index is 2.88. The molecule has 1 aromatic carbocycles. The lowest BCUT2D eigenvalue weighted by molar-refractivity contribution is 0.0697. The van der Waals surface area contributed by atoms with Crippen LogP contribution < -0.4 is 10.6 Å². The van der Waals surface area contributed by atoms with E-state index >= 15 is 0 Å². The van der Waals surface area contributed by atoms with E-state index in [1.807, 2.05) is 20.8 Å². The Morgan fingerprint density at radius 3 is 2.24 bits per heavy atom. The summed E-state index contributed by atoms with van der Waals surface area (Å²) in [5, 5.41) is 14.7. The summed E-state index contributed by atoms with van der Waals surface area (Å²) in [7, 11) is 0. The molecule has 0 aliphatic rings. The van der Waals surface area contributed by atoms with Crippen molar-refractivity contribution in [2.75, 3.05) is 5.32 Å². The number of hydrogen-bond donors (Lipinski definition) is 3. The summed E-state index contributed by atoms with van der Waals surface area (Å²) in [6.45, 7) is 6.11. The van der Waals surface area contributed by atoms with E-state index in [1.165, 1.54) is 12.1 Å². The Kier molecular flexibility index (Phi) is 6.20. The van der Waals surface area contributed by atoms with Gasteiger partial charge in [-0.1, -0.05) is 20.8 Å². The summed E-state index contributed by atoms with van der Waals surface area (Å²) < 4.78 is 0.637. The molecule has 1 rings (SSSR count). The Labute approximate surface area is 133 Å². The first-order chi connectivity index (χ1) is 9.87. The number of aromatic carboxylic acids is 1. The maximum Gasteiger partial charge on any atom is 0.335 e. The van der Waals surface area contributed by atoms with Crippen LogP contribution in [-0.2, 0) is 0 Å². The third-order valence-electron chi connectivity index (χ3n) is 3.87. The number of anilines is 1. The van der Waals surface area contributed by atoms with Crippen molar-refractivity contribution >= 4 is 33.6 Å². The molecule has 0 aromatic heterocycles. The molecule has 0 heterocycles. The van der Waals surface area contributed by atoms with Gasteiger partial charge in [-0.2, -0.15) is 0 Å². The Morgan fingerprint density at radius 2 is 1.76 bits per heavy atom. The molecule has 0 radical (unpaired) electrons. The van der Waals surface area contributed by atoms with Crippen LogP contribution in [0.2, 0.25) is 0 Å². The standard InChI is InChI=1S/C15H21BrN2O3/c1-4-15(5-2,6-3)18-14(21)17-12-9-10(13(19)20)7-8-11(12)16/h7-9H,4-6H2,1-3H3,(H,19,20)(H2,17,18,21). The van der Waals surface area contributed by atoms with Gasteiger partial charge in [0, 0.05) is 10.0 Å². The molecule has 0 atom stereocenters. The highest BCUT2D eigenvalue weighted by molar-refractivity contribution is 9.10. The Morgan fingerprint density at radius 1 is 1.19 bits per heavy atom. The molecule has 0 aliphatic carbocycles. The number of amides is 2. The molecule has 0 saturated heterocycles. The molecular weight excluding hydrogens is 336 g/mol. The van der Waals surface area contributed by atoms with Gasteiger partial charge < -0.3 is 15.7 Å². The zero-order valence-corrected chi connectivity index (χ0v) is 14.1. The number of urea groups is 1. The number of benzene rings is 1. The van der Waals surface area contributed by atoms with Crippen molar-refractivity contribution in [1.29, 1.82) is 0 Å². The quantitative estimate of drug-likeness (QED) is 0.713. The molecule has 2 amide bonds. The lowest BCUT2D eigenvalue weighted by Gasteiger charge is -2.31. The van der Waals surface area contributed by atoms with E-state index in [2.05, 4.69) is 26.6 Å². The molecule has 5 nitrogen and oxygen atoms in total. The maximum absolute atomic E-state index is 12.1. The molecule has 1 aromatic rings. The van der Waals surface area contributed by atoms with Crippen LogP contribution in [0.5, 0.6) is 0 Å². The SMILES string of the molecule is CCC(CC)(CC)NC(=O)Nc1cc(C(=O)O)ccc1Br. The van der Waals surface area contributed by atoms with Gasteiger partial charge in [0.05, 0.1) is 11.3 Å². The molecular formula is C15H21BrN2O3. The first-order valence-corrected chi connectivity index (χ1v) is 7.78. The van der Waals surface area contributed by atoms with E-state index in [9.17, 15) is 9.59 Å². The number of carbonyl (C=O) groups excluding carboxylic acids is 1. The van der Waals surface area contributed by atoms with E-state index in [0.717, 1.165) is 19.3 Å². The van der Waals surface area contributed by atoms with Gasteiger partial charge in [-0.05, 0) is 53.4 Å². The van der Waals surface area contributed by atoms with Crippen LogP contribution in [-0.4, -0.2) is 22.6 Å². The van der Waals surface area contributed by atoms with Gasteiger partial charge in [-0.15, -0.1) is 0 Å². The lowest BCUT2D eigenvalue weighted by atomic mass is 9.90. The normalized spacial score (nSPS) is 11.0. The minimum Gasteiger partial charge on any atom is -0.478 e. The number of hydrogen-bond acceptors (Lipinski definition) is 2. The molecule has 116 valence electrons. The number of carbonyl (C=O) groups is 2. The monoisotopic (exact) mass is 356 g/mol. The van der Waals surface area contributed by atoms with Crippen molar-refractivity contribution in [3.05, 3.63) is 28.2 Å². The average molecular weight is 357 g/mol. The van der Waals surface area contributed by atoms with E-state index in [-0.39, 0.29) is 17.1 Å². The van der Waals surface area contributed by atoms with Crippen molar-refractivity contribution in [2.24, 2.45) is 0 Å². The molecule has 0 saturated carbocycles. The van der Waals surface area contributed by atoms with E-state index in [1.54, 1.807) is 6.07 Å². The van der Waals surface area contributed by atoms with Crippen molar-refractivity contribution in [3.63, 3.8) is 0 Å². The first kappa shape index (κ1) is 17.5. The summed E-state index contributed by atoms with van der Waals surface area (Å²) in [5.74, 6) is -1.03. The summed E-state index contributed by atoms with van der Waals surface area (Å²) >= 11 is 3.30. The largest absolute Gasteiger partial charge is 0.478 e. The minimum absolute atomic E-state index is 0.126. The third kappa shape index (κ3) is 4.46. The van der Waals surface area contributed by atoms with Crippen LogP contribution in [0.4, 0.5) is 10.5 Å². The van der Waals surface area contributed by atoms with Gasteiger partial charge in [-0.25, -0.2) is 9.59 Å². The molecule has 0 bridgehead atoms. The molecule has 0 fully saturated rings. The zero-order valence-electron chi connectivity index (χ0n) is 12.5. The second-order valence-electron chi connectivity index (χ2n) is 4.92. The van der Waals surface area contributed by atoms with Gasteiger partial charge in [0.1, 0.15) is 0 Å². The molecule has 6 heteroatoms. The topological polar surface area (TPSA) is 78.4 Å². The van der Waals surface area contributed by atoms with Gasteiger partial charge in [0.25, 0.3) is 0 Å². The molecule has 0 spiro atoms. The fourth-order valence-electron chi connectivity index (χ4n) is 2.16. The Bertz CT molecular complexity index is 519. The van der Waals surface area contributed by atoms with Crippen molar-refractivity contribution in [2.45, 2.75) is 45.6 Å². The third-order valence-corrected chi connectivity index (χ3v) is 4.56. The predicted octanol–water partition coefficient (Wildman–Crippen LogP) is 4.24. The summed E-state index contributed by atoms with van der Waals surface area (Å²) in [6.07, 6.45) is 2.51. The summed E-state index contributed by atoms with van der Waals surface area (Å²) in [4.78, 5) is 23.1. The molecule has 0 unspecified atom stereocenters. The van der Waals surface area contributed by atoms with E-state index in [4.69, 9.17) is 5.11 Å². The van der Waals surface area contributed by atoms with E-state index in [0.29, 0.717) is 10.2 Å². The van der Waals surface area contributed by atoms with Crippen molar-refractivity contribution in [3.8, 4) is 0 Å². The van der Waals surface area contributed by atoms with Crippen molar-refractivity contribution < 1.29 is 14.7 Å². The van der Waals surface area contributed by atoms with Gasteiger partial charge in [-0.3, -0.25) is 0 Å². The van der Waals surface area contributed by atoms with E-state index < -0.39 is 5.97 Å². The zero-order chi connectivity index (χ0) is 16.0. The fraction of sp³-hybridized carbons (Fsp3) is 0.467. The number of carboxylic acids is 1. The minimum atomic E-state index is -1.03. The Hall–Kier alpha value is -1.56. The van der Waals surface area contributed by atoms with Crippen LogP contribution in [0.3, 0.4) is 0 Å². The highest BCUT2D eigenvalue weighted by atomic mass is 79.9. The smallest absolute Gasteiger partial charge is 0.335 e. The highest BCUT2D eigenvalue weighted by Gasteiger charge is 2.26. The second-order valence-corrected chi connectivity index (χ2v) is 5.77.